The van der Waals surface area contributed by atoms with Crippen molar-refractivity contribution in [3.63, 3.8) is 0 Å². The Morgan fingerprint density at radius 2 is 1.66 bits per heavy atom. The van der Waals surface area contributed by atoms with Crippen molar-refractivity contribution in [2.24, 2.45) is 0 Å². The van der Waals surface area contributed by atoms with E-state index in [-0.39, 0.29) is 17.5 Å². The number of rotatable bonds is 7. The maximum absolute atomic E-state index is 12.5. The van der Waals surface area contributed by atoms with E-state index in [0.717, 1.165) is 11.1 Å². The number of benzene rings is 2. The molecule has 1 N–H and O–H groups in total. The number of aromatic nitrogens is 1. The summed E-state index contributed by atoms with van der Waals surface area (Å²) in [5.41, 5.74) is 1.96. The highest BCUT2D eigenvalue weighted by Crippen LogP contribution is 2.22. The van der Waals surface area contributed by atoms with Gasteiger partial charge in [-0.3, -0.25) is 4.79 Å². The minimum Gasteiger partial charge on any atom is -0.448 e. The van der Waals surface area contributed by atoms with Gasteiger partial charge in [-0.05, 0) is 37.5 Å². The van der Waals surface area contributed by atoms with Gasteiger partial charge in [0, 0.05) is 12.1 Å². The van der Waals surface area contributed by atoms with Crippen molar-refractivity contribution < 1.29 is 18.7 Å². The third-order valence-corrected chi connectivity index (χ3v) is 4.61. The Morgan fingerprint density at radius 1 is 1.03 bits per heavy atom. The van der Waals surface area contributed by atoms with Crippen molar-refractivity contribution >= 4 is 11.9 Å². The number of nitrogens with zero attached hydrogens (tertiary/aromatic N) is 1. The molecule has 1 aromatic heterocycles. The molecule has 3 rings (SSSR count). The number of ether oxygens (including phenoxy) is 1. The first-order valence-electron chi connectivity index (χ1n) is 9.52. The summed E-state index contributed by atoms with van der Waals surface area (Å²) in [6.45, 7) is 5.65. The summed E-state index contributed by atoms with van der Waals surface area (Å²) >= 11 is 0. The molecule has 29 heavy (non-hydrogen) atoms. The van der Waals surface area contributed by atoms with Gasteiger partial charge in [0.15, 0.2) is 11.8 Å². The highest BCUT2D eigenvalue weighted by Gasteiger charge is 2.24. The van der Waals surface area contributed by atoms with E-state index in [4.69, 9.17) is 9.15 Å². The predicted molar refractivity (Wildman–Crippen MR) is 109 cm³/mol. The average molecular weight is 392 g/mol. The summed E-state index contributed by atoms with van der Waals surface area (Å²) in [4.78, 5) is 29.0. The highest BCUT2D eigenvalue weighted by atomic mass is 16.5. The Morgan fingerprint density at radius 3 is 2.31 bits per heavy atom. The van der Waals surface area contributed by atoms with Crippen LogP contribution >= 0.6 is 0 Å². The molecule has 0 saturated carbocycles. The summed E-state index contributed by atoms with van der Waals surface area (Å²) in [5.74, 6) is -0.213. The molecule has 3 aromatic rings. The zero-order valence-corrected chi connectivity index (χ0v) is 16.7. The smallest absolute Gasteiger partial charge is 0.361 e. The van der Waals surface area contributed by atoms with E-state index in [9.17, 15) is 9.59 Å². The van der Waals surface area contributed by atoms with E-state index in [2.05, 4.69) is 10.3 Å². The Bertz CT molecular complexity index is 967. The third-order valence-electron chi connectivity index (χ3n) is 4.61. The number of oxazole rings is 1. The highest BCUT2D eigenvalue weighted by molar-refractivity contribution is 5.91. The topological polar surface area (TPSA) is 81.4 Å². The van der Waals surface area contributed by atoms with Crippen LogP contribution in [0.4, 0.5) is 0 Å². The van der Waals surface area contributed by atoms with Crippen molar-refractivity contribution in [1.29, 1.82) is 0 Å². The van der Waals surface area contributed by atoms with Crippen LogP contribution in [0.3, 0.4) is 0 Å². The lowest BCUT2D eigenvalue weighted by Crippen LogP contribution is -2.37. The van der Waals surface area contributed by atoms with Crippen LogP contribution in [-0.4, -0.2) is 29.5 Å². The molecule has 0 fully saturated rings. The van der Waals surface area contributed by atoms with Gasteiger partial charge in [-0.15, -0.1) is 0 Å². The average Bonchev–Trinajstić information content (AvgIpc) is 3.14. The molecule has 0 saturated heterocycles. The first kappa shape index (κ1) is 20.3. The van der Waals surface area contributed by atoms with E-state index in [1.54, 1.807) is 6.92 Å². The Hall–Kier alpha value is -3.41. The van der Waals surface area contributed by atoms with Gasteiger partial charge in [0.25, 0.3) is 5.91 Å². The van der Waals surface area contributed by atoms with Gasteiger partial charge in [0.2, 0.25) is 5.89 Å². The fourth-order valence-electron chi connectivity index (χ4n) is 2.86. The molecule has 1 heterocycles. The van der Waals surface area contributed by atoms with Gasteiger partial charge in [-0.1, -0.05) is 55.5 Å². The quantitative estimate of drug-likeness (QED) is 0.612. The van der Waals surface area contributed by atoms with Crippen molar-refractivity contribution in [2.45, 2.75) is 32.8 Å². The van der Waals surface area contributed by atoms with Crippen LogP contribution in [0.2, 0.25) is 0 Å². The Kier molecular flexibility index (Phi) is 6.44. The number of aryl methyl sites for hydroxylation is 1. The molecule has 6 nitrogen and oxygen atoms in total. The third kappa shape index (κ3) is 5.10. The van der Waals surface area contributed by atoms with Crippen LogP contribution in [0.1, 0.15) is 41.6 Å². The van der Waals surface area contributed by atoms with Gasteiger partial charge in [0.05, 0.1) is 0 Å². The molecule has 0 radical (unpaired) electrons. The van der Waals surface area contributed by atoms with Crippen molar-refractivity contribution in [2.75, 3.05) is 6.54 Å². The van der Waals surface area contributed by atoms with Gasteiger partial charge in [-0.2, -0.15) is 0 Å². The van der Waals surface area contributed by atoms with Crippen LogP contribution in [-0.2, 0) is 9.53 Å². The number of esters is 1. The summed E-state index contributed by atoms with van der Waals surface area (Å²) in [6.07, 6.45) is -0.943. The van der Waals surface area contributed by atoms with E-state index in [0.29, 0.717) is 18.2 Å². The molecule has 6 heteroatoms. The van der Waals surface area contributed by atoms with E-state index < -0.39 is 12.1 Å². The van der Waals surface area contributed by atoms with Crippen molar-refractivity contribution in [3.05, 3.63) is 77.7 Å². The lowest BCUT2D eigenvalue weighted by atomic mass is 10.0. The largest absolute Gasteiger partial charge is 0.448 e. The number of hydrogen-bond donors (Lipinski definition) is 1. The zero-order valence-electron chi connectivity index (χ0n) is 16.7. The van der Waals surface area contributed by atoms with Crippen LogP contribution in [0.15, 0.2) is 65.1 Å². The lowest BCUT2D eigenvalue weighted by molar-refractivity contribution is -0.129. The van der Waals surface area contributed by atoms with E-state index in [1.807, 2.05) is 67.6 Å². The van der Waals surface area contributed by atoms with E-state index >= 15 is 0 Å². The molecular weight excluding hydrogens is 368 g/mol. The second-order valence-electron chi connectivity index (χ2n) is 6.89. The van der Waals surface area contributed by atoms with Crippen LogP contribution in [0.25, 0.3) is 11.5 Å². The van der Waals surface area contributed by atoms with Gasteiger partial charge in [0.1, 0.15) is 5.76 Å². The second kappa shape index (κ2) is 9.19. The Labute approximate surface area is 169 Å². The standard InChI is InChI=1S/C23H24N2O4/c1-15(18-10-6-4-7-11-18)14-24-21(26)17(3)29-23(27)20-16(2)28-22(25-20)19-12-8-5-9-13-19/h4-13,15,17H,14H2,1-3H3,(H,24,26)/t15-,17-/m1/s1. The van der Waals surface area contributed by atoms with Gasteiger partial charge < -0.3 is 14.5 Å². The normalized spacial score (nSPS) is 12.8. The zero-order chi connectivity index (χ0) is 20.8. The van der Waals surface area contributed by atoms with Crippen molar-refractivity contribution in [1.82, 2.24) is 10.3 Å². The SMILES string of the molecule is Cc1oc(-c2ccccc2)nc1C(=O)O[C@H](C)C(=O)NC[C@@H](C)c1ccccc1. The van der Waals surface area contributed by atoms with Crippen LogP contribution < -0.4 is 5.32 Å². The number of carbonyl (C=O) groups excluding carboxylic acids is 2. The van der Waals surface area contributed by atoms with Crippen LogP contribution in [0, 0.1) is 6.92 Å². The summed E-state index contributed by atoms with van der Waals surface area (Å²) in [7, 11) is 0. The number of nitrogens with one attached hydrogen (secondary N) is 1. The van der Waals surface area contributed by atoms with Gasteiger partial charge in [-0.25, -0.2) is 9.78 Å². The number of amides is 1. The summed E-state index contributed by atoms with van der Waals surface area (Å²) < 4.78 is 10.9. The molecule has 0 bridgehead atoms. The minimum atomic E-state index is -0.943. The van der Waals surface area contributed by atoms with Crippen molar-refractivity contribution in [3.8, 4) is 11.5 Å². The fraction of sp³-hybridized carbons (Fsp3) is 0.261. The molecule has 1 amide bonds. The molecule has 2 atom stereocenters. The van der Waals surface area contributed by atoms with E-state index in [1.165, 1.54) is 6.92 Å². The predicted octanol–water partition coefficient (Wildman–Crippen LogP) is 4.12. The fourth-order valence-corrected chi connectivity index (χ4v) is 2.86. The Balaban J connectivity index is 1.57. The second-order valence-corrected chi connectivity index (χ2v) is 6.89. The summed E-state index contributed by atoms with van der Waals surface area (Å²) in [6, 6.07) is 19.2. The molecule has 0 aliphatic carbocycles. The summed E-state index contributed by atoms with van der Waals surface area (Å²) in [5, 5.41) is 2.82. The van der Waals surface area contributed by atoms with Gasteiger partial charge >= 0.3 is 5.97 Å². The molecule has 0 aliphatic heterocycles. The lowest BCUT2D eigenvalue weighted by Gasteiger charge is -2.16. The first-order valence-corrected chi connectivity index (χ1v) is 9.52. The molecule has 150 valence electrons. The number of carbonyl (C=O) groups is 2. The molecule has 2 aromatic carbocycles. The molecular formula is C23H24N2O4. The molecule has 0 aliphatic rings. The monoisotopic (exact) mass is 392 g/mol. The minimum absolute atomic E-state index is 0.0705. The molecule has 0 spiro atoms. The maximum Gasteiger partial charge on any atom is 0.361 e. The van der Waals surface area contributed by atoms with Crippen LogP contribution in [0.5, 0.6) is 0 Å². The number of hydrogen-bond acceptors (Lipinski definition) is 5. The first-order chi connectivity index (χ1) is 14.0. The maximum atomic E-state index is 12.5. The molecule has 0 unspecified atom stereocenters.